The van der Waals surface area contributed by atoms with Crippen LogP contribution in [-0.4, -0.2) is 29.2 Å². The topological polar surface area (TPSA) is 71.5 Å². The molecular weight excluding hydrogens is 288 g/mol. The van der Waals surface area contributed by atoms with Gasteiger partial charge in [0.15, 0.2) is 5.13 Å². The number of ether oxygens (including phenoxy) is 1. The molecule has 1 aromatic carbocycles. The molecule has 2 heterocycles. The highest BCUT2D eigenvalue weighted by Gasteiger charge is 2.15. The van der Waals surface area contributed by atoms with Crippen LogP contribution in [0, 0.1) is 11.8 Å². The second-order valence-electron chi connectivity index (χ2n) is 4.36. The van der Waals surface area contributed by atoms with Gasteiger partial charge in [-0.05, 0) is 23.8 Å². The summed E-state index contributed by atoms with van der Waals surface area (Å²) in [6, 6.07) is 5.40. The van der Waals surface area contributed by atoms with E-state index in [1.165, 1.54) is 11.3 Å². The third-order valence-electron chi connectivity index (χ3n) is 2.97. The molecule has 0 saturated carbocycles. The first kappa shape index (κ1) is 13.6. The number of hydrogen-bond donors (Lipinski definition) is 2. The predicted molar refractivity (Wildman–Crippen MR) is 79.7 cm³/mol. The SMILES string of the molecule is O=C(Nc1ncc(C#CCO)s1)c1ccc2c(c1)CCO2. The average Bonchev–Trinajstić information content (AvgIpc) is 3.12. The van der Waals surface area contributed by atoms with Crippen molar-refractivity contribution in [3.63, 3.8) is 0 Å². The standard InChI is InChI=1S/C15H12N2O3S/c18-6-1-2-12-9-16-15(21-12)17-14(19)11-3-4-13-10(8-11)5-7-20-13/h3-4,8-9,18H,5-7H2,(H,16,17,19). The van der Waals surface area contributed by atoms with Gasteiger partial charge in [0.2, 0.25) is 0 Å². The Hall–Kier alpha value is -2.36. The van der Waals surface area contributed by atoms with Gasteiger partial charge in [0.05, 0.1) is 17.7 Å². The van der Waals surface area contributed by atoms with Gasteiger partial charge in [0, 0.05) is 12.0 Å². The van der Waals surface area contributed by atoms with Crippen molar-refractivity contribution >= 4 is 22.4 Å². The molecule has 1 amide bonds. The van der Waals surface area contributed by atoms with E-state index in [-0.39, 0.29) is 12.5 Å². The van der Waals surface area contributed by atoms with Crippen LogP contribution in [0.2, 0.25) is 0 Å². The summed E-state index contributed by atoms with van der Waals surface area (Å²) in [5.74, 6) is 5.93. The highest BCUT2D eigenvalue weighted by atomic mass is 32.1. The lowest BCUT2D eigenvalue weighted by Crippen LogP contribution is -2.11. The van der Waals surface area contributed by atoms with Gasteiger partial charge < -0.3 is 9.84 Å². The van der Waals surface area contributed by atoms with Crippen molar-refractivity contribution in [3.05, 3.63) is 40.4 Å². The predicted octanol–water partition coefficient (Wildman–Crippen LogP) is 1.67. The Labute approximate surface area is 125 Å². The molecular formula is C15H12N2O3S. The summed E-state index contributed by atoms with van der Waals surface area (Å²) in [6.45, 7) is 0.469. The molecule has 3 rings (SSSR count). The van der Waals surface area contributed by atoms with E-state index in [1.54, 1.807) is 12.3 Å². The van der Waals surface area contributed by atoms with Crippen molar-refractivity contribution in [3.8, 4) is 17.6 Å². The Morgan fingerprint density at radius 1 is 1.52 bits per heavy atom. The van der Waals surface area contributed by atoms with Gasteiger partial charge in [-0.3, -0.25) is 10.1 Å². The summed E-state index contributed by atoms with van der Waals surface area (Å²) in [5.41, 5.74) is 1.63. The first-order valence-electron chi connectivity index (χ1n) is 6.39. The van der Waals surface area contributed by atoms with Crippen molar-refractivity contribution < 1.29 is 14.6 Å². The smallest absolute Gasteiger partial charge is 0.257 e. The number of amides is 1. The Kier molecular flexibility index (Phi) is 3.86. The molecule has 0 radical (unpaired) electrons. The molecule has 1 aliphatic heterocycles. The van der Waals surface area contributed by atoms with Crippen LogP contribution in [-0.2, 0) is 6.42 Å². The zero-order valence-electron chi connectivity index (χ0n) is 11.0. The van der Waals surface area contributed by atoms with Crippen molar-refractivity contribution in [2.45, 2.75) is 6.42 Å². The molecule has 0 bridgehead atoms. The minimum atomic E-state index is -0.208. The first-order valence-corrected chi connectivity index (χ1v) is 7.20. The van der Waals surface area contributed by atoms with E-state index in [4.69, 9.17) is 9.84 Å². The maximum Gasteiger partial charge on any atom is 0.257 e. The number of anilines is 1. The van der Waals surface area contributed by atoms with Crippen LogP contribution in [0.15, 0.2) is 24.4 Å². The van der Waals surface area contributed by atoms with E-state index in [2.05, 4.69) is 22.1 Å². The second kappa shape index (κ2) is 5.95. The maximum atomic E-state index is 12.2. The third kappa shape index (κ3) is 3.05. The number of benzene rings is 1. The van der Waals surface area contributed by atoms with Crippen molar-refractivity contribution in [1.82, 2.24) is 4.98 Å². The third-order valence-corrected chi connectivity index (χ3v) is 3.80. The zero-order valence-corrected chi connectivity index (χ0v) is 11.9. The summed E-state index contributed by atoms with van der Waals surface area (Å²) in [7, 11) is 0. The van der Waals surface area contributed by atoms with E-state index in [0.717, 1.165) is 17.7 Å². The number of nitrogens with one attached hydrogen (secondary N) is 1. The number of rotatable bonds is 2. The molecule has 1 aliphatic rings. The first-order chi connectivity index (χ1) is 10.3. The summed E-state index contributed by atoms with van der Waals surface area (Å²) in [5, 5.41) is 11.9. The summed E-state index contributed by atoms with van der Waals surface area (Å²) in [4.78, 5) is 17.0. The molecule has 5 nitrogen and oxygen atoms in total. The Morgan fingerprint density at radius 3 is 3.29 bits per heavy atom. The van der Waals surface area contributed by atoms with Crippen LogP contribution in [0.3, 0.4) is 0 Å². The summed E-state index contributed by atoms with van der Waals surface area (Å²) in [6.07, 6.45) is 2.40. The highest BCUT2D eigenvalue weighted by Crippen LogP contribution is 2.26. The van der Waals surface area contributed by atoms with Gasteiger partial charge in [0.1, 0.15) is 12.4 Å². The normalized spacial score (nSPS) is 12.0. The molecule has 2 N–H and O–H groups in total. The van der Waals surface area contributed by atoms with Gasteiger partial charge in [-0.1, -0.05) is 23.2 Å². The molecule has 6 heteroatoms. The monoisotopic (exact) mass is 300 g/mol. The van der Waals surface area contributed by atoms with Crippen LogP contribution in [0.4, 0.5) is 5.13 Å². The van der Waals surface area contributed by atoms with Gasteiger partial charge >= 0.3 is 0 Å². The van der Waals surface area contributed by atoms with Crippen LogP contribution in [0.5, 0.6) is 5.75 Å². The lowest BCUT2D eigenvalue weighted by atomic mass is 10.1. The van der Waals surface area contributed by atoms with E-state index in [9.17, 15) is 4.79 Å². The maximum absolute atomic E-state index is 12.2. The van der Waals surface area contributed by atoms with Crippen LogP contribution in [0.1, 0.15) is 20.8 Å². The highest BCUT2D eigenvalue weighted by molar-refractivity contribution is 7.16. The van der Waals surface area contributed by atoms with E-state index in [0.29, 0.717) is 22.2 Å². The fraction of sp³-hybridized carbons (Fsp3) is 0.200. The van der Waals surface area contributed by atoms with Gasteiger partial charge in [0.25, 0.3) is 5.91 Å². The van der Waals surface area contributed by atoms with Gasteiger partial charge in [-0.2, -0.15) is 0 Å². The van der Waals surface area contributed by atoms with E-state index >= 15 is 0 Å². The minimum Gasteiger partial charge on any atom is -0.493 e. The quantitative estimate of drug-likeness (QED) is 0.828. The lowest BCUT2D eigenvalue weighted by Gasteiger charge is -2.03. The summed E-state index contributed by atoms with van der Waals surface area (Å²) >= 11 is 1.27. The number of carbonyl (C=O) groups is 1. The second-order valence-corrected chi connectivity index (χ2v) is 5.40. The van der Waals surface area contributed by atoms with Crippen molar-refractivity contribution in [2.75, 3.05) is 18.5 Å². The van der Waals surface area contributed by atoms with E-state index in [1.807, 2.05) is 12.1 Å². The molecule has 106 valence electrons. The average molecular weight is 300 g/mol. The molecule has 21 heavy (non-hydrogen) atoms. The Morgan fingerprint density at radius 2 is 2.43 bits per heavy atom. The van der Waals surface area contributed by atoms with Crippen LogP contribution >= 0.6 is 11.3 Å². The zero-order chi connectivity index (χ0) is 14.7. The fourth-order valence-corrected chi connectivity index (χ4v) is 2.70. The molecule has 0 aliphatic carbocycles. The number of aliphatic hydroxyl groups excluding tert-OH is 1. The van der Waals surface area contributed by atoms with Gasteiger partial charge in [-0.25, -0.2) is 4.98 Å². The van der Waals surface area contributed by atoms with E-state index < -0.39 is 0 Å². The Bertz CT molecular complexity index is 743. The van der Waals surface area contributed by atoms with Crippen LogP contribution in [0.25, 0.3) is 0 Å². The summed E-state index contributed by atoms with van der Waals surface area (Å²) < 4.78 is 5.41. The molecule has 0 fully saturated rings. The molecule has 0 atom stereocenters. The van der Waals surface area contributed by atoms with Crippen LogP contribution < -0.4 is 10.1 Å². The lowest BCUT2D eigenvalue weighted by molar-refractivity contribution is 0.102. The number of hydrogen-bond acceptors (Lipinski definition) is 5. The number of fused-ring (bicyclic) bond motifs is 1. The number of aromatic nitrogens is 1. The fourth-order valence-electron chi connectivity index (χ4n) is 2.01. The number of carbonyl (C=O) groups excluding carboxylic acids is 1. The molecule has 0 saturated heterocycles. The Balaban J connectivity index is 1.72. The molecule has 0 spiro atoms. The number of aliphatic hydroxyl groups is 1. The number of nitrogens with zero attached hydrogens (tertiary/aromatic N) is 1. The van der Waals surface area contributed by atoms with Crippen molar-refractivity contribution in [1.29, 1.82) is 0 Å². The molecule has 0 unspecified atom stereocenters. The van der Waals surface area contributed by atoms with Crippen molar-refractivity contribution in [2.24, 2.45) is 0 Å². The molecule has 2 aromatic rings. The minimum absolute atomic E-state index is 0.198. The molecule has 1 aromatic heterocycles. The number of thiazole rings is 1. The largest absolute Gasteiger partial charge is 0.493 e. The van der Waals surface area contributed by atoms with Gasteiger partial charge in [-0.15, -0.1) is 0 Å².